The van der Waals surface area contributed by atoms with Crippen LogP contribution in [0.4, 0.5) is 11.4 Å². The van der Waals surface area contributed by atoms with E-state index in [1.165, 1.54) is 12.8 Å². The Bertz CT molecular complexity index is 439. The highest BCUT2D eigenvalue weighted by Crippen LogP contribution is 2.28. The van der Waals surface area contributed by atoms with E-state index in [9.17, 15) is 4.79 Å². The van der Waals surface area contributed by atoms with Crippen LogP contribution in [-0.2, 0) is 4.79 Å². The fourth-order valence-electron chi connectivity index (χ4n) is 2.30. The van der Waals surface area contributed by atoms with Crippen molar-refractivity contribution in [3.05, 3.63) is 36.9 Å². The van der Waals surface area contributed by atoms with Crippen molar-refractivity contribution in [3.63, 3.8) is 0 Å². The molecular weight excluding hydrogens is 238 g/mol. The fourth-order valence-corrected chi connectivity index (χ4v) is 2.30. The molecule has 0 saturated carbocycles. The van der Waals surface area contributed by atoms with E-state index in [4.69, 9.17) is 0 Å². The monoisotopic (exact) mass is 259 g/mol. The lowest BCUT2D eigenvalue weighted by atomic mass is 10.2. The Morgan fingerprint density at radius 1 is 1.32 bits per heavy atom. The Kier molecular flexibility index (Phi) is 4.98. The summed E-state index contributed by atoms with van der Waals surface area (Å²) in [5.41, 5.74) is 2.02. The quantitative estimate of drug-likeness (QED) is 0.606. The van der Waals surface area contributed by atoms with Gasteiger partial charge in [-0.15, -0.1) is 6.58 Å². The number of nitrogens with one attached hydrogen (secondary N) is 2. The number of para-hydroxylation sites is 2. The molecule has 0 atom stereocenters. The standard InChI is InChI=1S/C15H21N3O/c1-2-9-16-12-15(19)17-13-7-3-4-8-14(13)18-10-5-6-11-18/h2-4,7-8,16H,1,5-6,9-12H2,(H,17,19). The number of rotatable bonds is 6. The minimum Gasteiger partial charge on any atom is -0.370 e. The van der Waals surface area contributed by atoms with E-state index in [2.05, 4.69) is 28.2 Å². The molecule has 1 fully saturated rings. The second kappa shape index (κ2) is 6.95. The van der Waals surface area contributed by atoms with Gasteiger partial charge in [0.2, 0.25) is 5.91 Å². The molecule has 4 heteroatoms. The van der Waals surface area contributed by atoms with Gasteiger partial charge < -0.3 is 15.5 Å². The summed E-state index contributed by atoms with van der Waals surface area (Å²) < 4.78 is 0. The van der Waals surface area contributed by atoms with Gasteiger partial charge in [0.05, 0.1) is 17.9 Å². The summed E-state index contributed by atoms with van der Waals surface area (Å²) in [6.45, 7) is 6.70. The molecule has 2 N–H and O–H groups in total. The molecule has 0 radical (unpaired) electrons. The zero-order valence-corrected chi connectivity index (χ0v) is 11.2. The van der Waals surface area contributed by atoms with Crippen molar-refractivity contribution in [3.8, 4) is 0 Å². The molecule has 1 aromatic rings. The topological polar surface area (TPSA) is 44.4 Å². The van der Waals surface area contributed by atoms with E-state index in [1.54, 1.807) is 6.08 Å². The van der Waals surface area contributed by atoms with Crippen LogP contribution in [0.5, 0.6) is 0 Å². The first-order chi connectivity index (χ1) is 9.31. The molecule has 0 spiro atoms. The highest BCUT2D eigenvalue weighted by atomic mass is 16.1. The summed E-state index contributed by atoms with van der Waals surface area (Å²) in [5.74, 6) is -0.0199. The normalized spacial score (nSPS) is 14.4. The summed E-state index contributed by atoms with van der Waals surface area (Å²) in [6, 6.07) is 7.99. The maximum atomic E-state index is 11.8. The van der Waals surface area contributed by atoms with Crippen molar-refractivity contribution in [2.24, 2.45) is 0 Å². The number of anilines is 2. The predicted octanol–water partition coefficient (Wildman–Crippen LogP) is 2.00. The fraction of sp³-hybridized carbons (Fsp3) is 0.400. The van der Waals surface area contributed by atoms with Gasteiger partial charge in [0.1, 0.15) is 0 Å². The molecular formula is C15H21N3O. The summed E-state index contributed by atoms with van der Waals surface area (Å²) in [4.78, 5) is 14.2. The maximum Gasteiger partial charge on any atom is 0.238 e. The second-order valence-electron chi connectivity index (χ2n) is 4.68. The average molecular weight is 259 g/mol. The largest absolute Gasteiger partial charge is 0.370 e. The lowest BCUT2D eigenvalue weighted by Gasteiger charge is -2.21. The third-order valence-electron chi connectivity index (χ3n) is 3.20. The third kappa shape index (κ3) is 3.83. The van der Waals surface area contributed by atoms with E-state index in [0.717, 1.165) is 24.5 Å². The Morgan fingerprint density at radius 2 is 2.05 bits per heavy atom. The van der Waals surface area contributed by atoms with Crippen LogP contribution in [-0.4, -0.2) is 32.1 Å². The zero-order valence-electron chi connectivity index (χ0n) is 11.2. The van der Waals surface area contributed by atoms with Crippen molar-refractivity contribution >= 4 is 17.3 Å². The van der Waals surface area contributed by atoms with Crippen molar-refractivity contribution in [1.29, 1.82) is 0 Å². The summed E-state index contributed by atoms with van der Waals surface area (Å²) >= 11 is 0. The van der Waals surface area contributed by atoms with E-state index in [0.29, 0.717) is 13.1 Å². The summed E-state index contributed by atoms with van der Waals surface area (Å²) in [5, 5.41) is 5.97. The van der Waals surface area contributed by atoms with Gasteiger partial charge in [0.25, 0.3) is 0 Å². The average Bonchev–Trinajstić information content (AvgIpc) is 2.93. The van der Waals surface area contributed by atoms with E-state index in [-0.39, 0.29) is 5.91 Å². The van der Waals surface area contributed by atoms with Gasteiger partial charge in [0.15, 0.2) is 0 Å². The van der Waals surface area contributed by atoms with Crippen LogP contribution in [0.25, 0.3) is 0 Å². The maximum absolute atomic E-state index is 11.8. The van der Waals surface area contributed by atoms with Gasteiger partial charge in [-0.25, -0.2) is 0 Å². The molecule has 1 heterocycles. The first-order valence-electron chi connectivity index (χ1n) is 6.76. The van der Waals surface area contributed by atoms with E-state index in [1.807, 2.05) is 18.2 Å². The van der Waals surface area contributed by atoms with E-state index >= 15 is 0 Å². The second-order valence-corrected chi connectivity index (χ2v) is 4.68. The van der Waals surface area contributed by atoms with E-state index < -0.39 is 0 Å². The predicted molar refractivity (Wildman–Crippen MR) is 79.6 cm³/mol. The summed E-state index contributed by atoms with van der Waals surface area (Å²) in [6.07, 6.45) is 4.19. The SMILES string of the molecule is C=CCNCC(=O)Nc1ccccc1N1CCCC1. The lowest BCUT2D eigenvalue weighted by Crippen LogP contribution is -2.29. The number of hydrogen-bond donors (Lipinski definition) is 2. The molecule has 2 rings (SSSR count). The minimum absolute atomic E-state index is 0.0199. The molecule has 1 saturated heterocycles. The van der Waals surface area contributed by atoms with Crippen molar-refractivity contribution in [2.45, 2.75) is 12.8 Å². The van der Waals surface area contributed by atoms with Crippen LogP contribution >= 0.6 is 0 Å². The van der Waals surface area contributed by atoms with Crippen LogP contribution in [0.15, 0.2) is 36.9 Å². The molecule has 1 aliphatic rings. The van der Waals surface area contributed by atoms with Gasteiger partial charge in [-0.1, -0.05) is 18.2 Å². The molecule has 0 unspecified atom stereocenters. The number of benzene rings is 1. The van der Waals surface area contributed by atoms with Gasteiger partial charge in [-0.05, 0) is 25.0 Å². The molecule has 4 nitrogen and oxygen atoms in total. The first-order valence-corrected chi connectivity index (χ1v) is 6.76. The van der Waals surface area contributed by atoms with Crippen LogP contribution < -0.4 is 15.5 Å². The Hall–Kier alpha value is -1.81. The third-order valence-corrected chi connectivity index (χ3v) is 3.20. The van der Waals surface area contributed by atoms with Crippen molar-refractivity contribution in [1.82, 2.24) is 5.32 Å². The minimum atomic E-state index is -0.0199. The highest BCUT2D eigenvalue weighted by molar-refractivity contribution is 5.95. The number of hydrogen-bond acceptors (Lipinski definition) is 3. The molecule has 0 aromatic heterocycles. The van der Waals surface area contributed by atoms with Crippen LogP contribution in [0, 0.1) is 0 Å². The van der Waals surface area contributed by atoms with Crippen LogP contribution in [0.3, 0.4) is 0 Å². The molecule has 102 valence electrons. The molecule has 1 aromatic carbocycles. The van der Waals surface area contributed by atoms with Crippen LogP contribution in [0.2, 0.25) is 0 Å². The van der Waals surface area contributed by atoms with Gasteiger partial charge in [0, 0.05) is 19.6 Å². The van der Waals surface area contributed by atoms with Crippen LogP contribution in [0.1, 0.15) is 12.8 Å². The Morgan fingerprint density at radius 3 is 2.79 bits per heavy atom. The smallest absolute Gasteiger partial charge is 0.238 e. The first kappa shape index (κ1) is 13.6. The summed E-state index contributed by atoms with van der Waals surface area (Å²) in [7, 11) is 0. The van der Waals surface area contributed by atoms with Gasteiger partial charge in [-0.3, -0.25) is 4.79 Å². The number of nitrogens with zero attached hydrogens (tertiary/aromatic N) is 1. The molecule has 0 bridgehead atoms. The highest BCUT2D eigenvalue weighted by Gasteiger charge is 2.16. The zero-order chi connectivity index (χ0) is 13.5. The van der Waals surface area contributed by atoms with Gasteiger partial charge >= 0.3 is 0 Å². The Labute approximate surface area is 114 Å². The molecule has 19 heavy (non-hydrogen) atoms. The number of amides is 1. The molecule has 1 aliphatic heterocycles. The Balaban J connectivity index is 1.99. The van der Waals surface area contributed by atoms with Crippen molar-refractivity contribution < 1.29 is 4.79 Å². The molecule has 1 amide bonds. The number of carbonyl (C=O) groups is 1. The van der Waals surface area contributed by atoms with Crippen molar-refractivity contribution in [2.75, 3.05) is 36.4 Å². The molecule has 0 aliphatic carbocycles. The number of carbonyl (C=O) groups excluding carboxylic acids is 1. The lowest BCUT2D eigenvalue weighted by molar-refractivity contribution is -0.115. The van der Waals surface area contributed by atoms with Gasteiger partial charge in [-0.2, -0.15) is 0 Å².